The van der Waals surface area contributed by atoms with E-state index in [9.17, 15) is 8.42 Å². The largest absolute Gasteiger partial charge is 0.501 e. The highest BCUT2D eigenvalue weighted by Crippen LogP contribution is 2.66. The fraction of sp³-hybridized carbons (Fsp3) is 0.731. The maximum atomic E-state index is 13.3. The number of ether oxygens (including phenoxy) is 1. The zero-order valence-corrected chi connectivity index (χ0v) is 20.7. The Morgan fingerprint density at radius 1 is 1.13 bits per heavy atom. The van der Waals surface area contributed by atoms with Crippen molar-refractivity contribution in [1.29, 1.82) is 0 Å². The Bertz CT molecular complexity index is 1020. The standard InChI is InChI=1S/C26H37NO3S/c1-24(2,3)31(28,29)23(27-6)22-11-10-20-19-9-8-17-16-18(30-7)12-14-25(17,4)21(19)13-15-26(20,22)5/h8,16,19-21H,9-15H2,1-5,7H3/t19-,20-,21-,25-,26-/m0/s1. The molecule has 170 valence electrons. The van der Waals surface area contributed by atoms with Crippen molar-refractivity contribution in [2.75, 3.05) is 7.11 Å². The van der Waals surface area contributed by atoms with Gasteiger partial charge in [0.05, 0.1) is 24.2 Å². The molecule has 0 radical (unpaired) electrons. The maximum Gasteiger partial charge on any atom is 0.278 e. The highest BCUT2D eigenvalue weighted by Gasteiger charge is 2.58. The predicted molar refractivity (Wildman–Crippen MR) is 124 cm³/mol. The topological polar surface area (TPSA) is 47.7 Å². The van der Waals surface area contributed by atoms with Gasteiger partial charge in [0.1, 0.15) is 0 Å². The van der Waals surface area contributed by atoms with Crippen molar-refractivity contribution in [1.82, 2.24) is 0 Å². The number of allylic oxidation sites excluding steroid dienone is 5. The van der Waals surface area contributed by atoms with Crippen LogP contribution in [0.4, 0.5) is 0 Å². The molecule has 0 aromatic heterocycles. The van der Waals surface area contributed by atoms with Crippen LogP contribution in [0.3, 0.4) is 0 Å². The summed E-state index contributed by atoms with van der Waals surface area (Å²) in [5, 5.41) is 0.0482. The molecule has 31 heavy (non-hydrogen) atoms. The van der Waals surface area contributed by atoms with E-state index in [-0.39, 0.29) is 15.9 Å². The van der Waals surface area contributed by atoms with Gasteiger partial charge in [0.25, 0.3) is 5.03 Å². The van der Waals surface area contributed by atoms with Crippen LogP contribution in [0.5, 0.6) is 0 Å². The molecule has 0 amide bonds. The van der Waals surface area contributed by atoms with Crippen LogP contribution in [-0.4, -0.2) is 20.3 Å². The monoisotopic (exact) mass is 443 g/mol. The van der Waals surface area contributed by atoms with E-state index in [1.54, 1.807) is 27.9 Å². The zero-order chi connectivity index (χ0) is 22.8. The van der Waals surface area contributed by atoms with Crippen molar-refractivity contribution in [2.24, 2.45) is 28.6 Å². The lowest BCUT2D eigenvalue weighted by atomic mass is 9.48. The lowest BCUT2D eigenvalue weighted by Crippen LogP contribution is -2.48. The third-order valence-electron chi connectivity index (χ3n) is 9.20. The van der Waals surface area contributed by atoms with E-state index in [1.807, 2.05) is 0 Å². The predicted octanol–water partition coefficient (Wildman–Crippen LogP) is 6.43. The minimum atomic E-state index is -3.64. The Hall–Kier alpha value is -1.54. The van der Waals surface area contributed by atoms with Crippen molar-refractivity contribution in [3.05, 3.63) is 45.5 Å². The molecule has 0 aliphatic heterocycles. The van der Waals surface area contributed by atoms with Crippen molar-refractivity contribution in [3.8, 4) is 0 Å². The Labute approximate surface area is 188 Å². The lowest BCUT2D eigenvalue weighted by molar-refractivity contribution is -0.00837. The fourth-order valence-corrected chi connectivity index (χ4v) is 8.56. The van der Waals surface area contributed by atoms with Crippen molar-refractivity contribution < 1.29 is 13.2 Å². The molecule has 0 bridgehead atoms. The molecular weight excluding hydrogens is 406 g/mol. The van der Waals surface area contributed by atoms with E-state index in [0.717, 1.165) is 56.3 Å². The molecule has 0 aromatic carbocycles. The highest BCUT2D eigenvalue weighted by molar-refractivity contribution is 7.96. The molecule has 0 N–H and O–H groups in total. The summed E-state index contributed by atoms with van der Waals surface area (Å²) < 4.78 is 31.1. The molecule has 0 aromatic rings. The van der Waals surface area contributed by atoms with E-state index >= 15 is 0 Å². The summed E-state index contributed by atoms with van der Waals surface area (Å²) in [5.74, 6) is 2.72. The molecule has 5 heteroatoms. The number of sulfone groups is 1. The van der Waals surface area contributed by atoms with Gasteiger partial charge >= 0.3 is 0 Å². The minimum absolute atomic E-state index is 0.0482. The van der Waals surface area contributed by atoms with E-state index in [4.69, 9.17) is 11.3 Å². The zero-order valence-electron chi connectivity index (χ0n) is 19.9. The number of nitrogens with zero attached hydrogens (tertiary/aromatic N) is 1. The van der Waals surface area contributed by atoms with Crippen molar-refractivity contribution in [2.45, 2.75) is 84.3 Å². The molecule has 0 saturated heterocycles. The summed E-state index contributed by atoms with van der Waals surface area (Å²) in [5.41, 5.74) is 2.36. The normalized spacial score (nSPS) is 39.3. The number of hydrogen-bond acceptors (Lipinski definition) is 3. The first-order valence-corrected chi connectivity index (χ1v) is 13.2. The van der Waals surface area contributed by atoms with Gasteiger partial charge in [-0.3, -0.25) is 0 Å². The van der Waals surface area contributed by atoms with Crippen LogP contribution in [0.1, 0.15) is 79.6 Å². The van der Waals surface area contributed by atoms with Gasteiger partial charge in [-0.25, -0.2) is 13.3 Å². The van der Waals surface area contributed by atoms with Crippen LogP contribution in [0.2, 0.25) is 0 Å². The molecule has 2 fully saturated rings. The summed E-state index contributed by atoms with van der Waals surface area (Å²) in [4.78, 5) is 3.65. The van der Waals surface area contributed by atoms with Crippen LogP contribution >= 0.6 is 0 Å². The second-order valence-electron chi connectivity index (χ2n) is 11.5. The first kappa shape index (κ1) is 22.6. The number of fused-ring (bicyclic) bond motifs is 5. The Kier molecular flexibility index (Phi) is 5.29. The van der Waals surface area contributed by atoms with E-state index < -0.39 is 14.6 Å². The Morgan fingerprint density at radius 2 is 1.81 bits per heavy atom. The van der Waals surface area contributed by atoms with Gasteiger partial charge in [0.15, 0.2) is 9.84 Å². The third kappa shape index (κ3) is 3.16. The molecule has 4 aliphatic rings. The summed E-state index contributed by atoms with van der Waals surface area (Å²) in [6.45, 7) is 17.6. The first-order valence-electron chi connectivity index (χ1n) is 11.7. The SMILES string of the molecule is [C-]#[N+]C(=C1CC[C@H]2[C@@H]3CC=C4C=C(OC)CC[C@]4(C)[C@H]3CC[C@]12C)S(=O)(=O)C(C)(C)C. The minimum Gasteiger partial charge on any atom is -0.501 e. The van der Waals surface area contributed by atoms with Gasteiger partial charge in [-0.2, -0.15) is 0 Å². The van der Waals surface area contributed by atoms with Crippen LogP contribution in [0.15, 0.2) is 34.1 Å². The number of methoxy groups -OCH3 is 1. The van der Waals surface area contributed by atoms with Gasteiger partial charge < -0.3 is 4.74 Å². The van der Waals surface area contributed by atoms with Gasteiger partial charge in [0, 0.05) is 6.42 Å². The van der Waals surface area contributed by atoms with E-state index in [0.29, 0.717) is 17.8 Å². The van der Waals surface area contributed by atoms with Crippen LogP contribution in [0, 0.1) is 35.2 Å². The van der Waals surface area contributed by atoms with Gasteiger partial charge in [-0.15, -0.1) is 0 Å². The van der Waals surface area contributed by atoms with Crippen LogP contribution in [0.25, 0.3) is 4.85 Å². The number of rotatable bonds is 2. The smallest absolute Gasteiger partial charge is 0.278 e. The Balaban J connectivity index is 1.75. The Morgan fingerprint density at radius 3 is 2.42 bits per heavy atom. The third-order valence-corrected chi connectivity index (χ3v) is 11.7. The van der Waals surface area contributed by atoms with Crippen molar-refractivity contribution >= 4 is 9.84 Å². The molecule has 0 unspecified atom stereocenters. The molecule has 2 saturated carbocycles. The average Bonchev–Trinajstić information content (AvgIpc) is 3.04. The summed E-state index contributed by atoms with van der Waals surface area (Å²) >= 11 is 0. The van der Waals surface area contributed by atoms with Crippen LogP contribution < -0.4 is 0 Å². The van der Waals surface area contributed by atoms with Gasteiger partial charge in [-0.1, -0.05) is 19.9 Å². The van der Waals surface area contributed by atoms with Crippen molar-refractivity contribution in [3.63, 3.8) is 0 Å². The van der Waals surface area contributed by atoms with E-state index in [1.165, 1.54) is 5.57 Å². The van der Waals surface area contributed by atoms with Gasteiger partial charge in [-0.05, 0) is 105 Å². The second-order valence-corrected chi connectivity index (χ2v) is 14.1. The summed E-state index contributed by atoms with van der Waals surface area (Å²) in [6, 6.07) is 0. The maximum absolute atomic E-state index is 13.3. The second kappa shape index (κ2) is 7.24. The van der Waals surface area contributed by atoms with E-state index in [2.05, 4.69) is 30.8 Å². The molecule has 5 atom stereocenters. The molecule has 4 rings (SSSR count). The highest BCUT2D eigenvalue weighted by atomic mass is 32.2. The lowest BCUT2D eigenvalue weighted by Gasteiger charge is -2.56. The molecule has 4 aliphatic carbocycles. The number of hydrogen-bond donors (Lipinski definition) is 0. The summed E-state index contributed by atoms with van der Waals surface area (Å²) in [6.07, 6.45) is 11.7. The molecule has 0 spiro atoms. The molecule has 0 heterocycles. The fourth-order valence-electron chi connectivity index (χ4n) is 7.20. The molecular formula is C26H37NO3S. The molecule has 4 nitrogen and oxygen atoms in total. The van der Waals surface area contributed by atoms with Gasteiger partial charge in [0.2, 0.25) is 0 Å². The quantitative estimate of drug-likeness (QED) is 0.462. The summed E-state index contributed by atoms with van der Waals surface area (Å²) in [7, 11) is -1.87. The van der Waals surface area contributed by atoms with Crippen LogP contribution in [-0.2, 0) is 14.6 Å². The first-order chi connectivity index (χ1) is 14.4. The average molecular weight is 444 g/mol.